The highest BCUT2D eigenvalue weighted by molar-refractivity contribution is 8.00. The van der Waals surface area contributed by atoms with E-state index in [0.29, 0.717) is 0 Å². The van der Waals surface area contributed by atoms with E-state index in [1.165, 1.54) is 45.1 Å². The van der Waals surface area contributed by atoms with Crippen molar-refractivity contribution in [2.24, 2.45) is 0 Å². The molecule has 1 aliphatic rings. The standard InChI is InChI=1S/C11H23NS/c1-3-4-5-6-7-11-12-9-8-10(2)13-11/h10-12H,3-9H2,1-2H3. The molecular weight excluding hydrogens is 178 g/mol. The quantitative estimate of drug-likeness (QED) is 0.684. The maximum absolute atomic E-state index is 3.59. The maximum atomic E-state index is 3.59. The zero-order chi connectivity index (χ0) is 9.52. The van der Waals surface area contributed by atoms with E-state index in [4.69, 9.17) is 0 Å². The molecule has 1 rings (SSSR count). The molecule has 13 heavy (non-hydrogen) atoms. The van der Waals surface area contributed by atoms with E-state index < -0.39 is 0 Å². The van der Waals surface area contributed by atoms with Crippen LogP contribution in [0.15, 0.2) is 0 Å². The summed E-state index contributed by atoms with van der Waals surface area (Å²) in [6, 6.07) is 0. The number of hydrogen-bond donors (Lipinski definition) is 1. The molecule has 0 amide bonds. The van der Waals surface area contributed by atoms with Gasteiger partial charge in [-0.15, -0.1) is 11.8 Å². The molecule has 2 unspecified atom stereocenters. The van der Waals surface area contributed by atoms with E-state index in [-0.39, 0.29) is 0 Å². The van der Waals surface area contributed by atoms with Gasteiger partial charge in [0.15, 0.2) is 0 Å². The van der Waals surface area contributed by atoms with Crippen molar-refractivity contribution in [1.82, 2.24) is 5.32 Å². The van der Waals surface area contributed by atoms with Crippen LogP contribution in [0.4, 0.5) is 0 Å². The Morgan fingerprint density at radius 2 is 2.15 bits per heavy atom. The van der Waals surface area contributed by atoms with Crippen molar-refractivity contribution in [3.05, 3.63) is 0 Å². The van der Waals surface area contributed by atoms with Gasteiger partial charge >= 0.3 is 0 Å². The molecule has 2 atom stereocenters. The maximum Gasteiger partial charge on any atom is 0.0534 e. The Morgan fingerprint density at radius 1 is 1.31 bits per heavy atom. The predicted octanol–water partition coefficient (Wildman–Crippen LogP) is 3.40. The normalized spacial score (nSPS) is 29.1. The number of hydrogen-bond acceptors (Lipinski definition) is 2. The molecule has 0 spiro atoms. The average molecular weight is 201 g/mol. The van der Waals surface area contributed by atoms with Crippen LogP contribution in [-0.2, 0) is 0 Å². The monoisotopic (exact) mass is 201 g/mol. The molecule has 1 fully saturated rings. The van der Waals surface area contributed by atoms with Crippen molar-refractivity contribution < 1.29 is 0 Å². The smallest absolute Gasteiger partial charge is 0.0534 e. The highest BCUT2D eigenvalue weighted by atomic mass is 32.2. The van der Waals surface area contributed by atoms with E-state index in [0.717, 1.165) is 10.6 Å². The van der Waals surface area contributed by atoms with Crippen LogP contribution in [0.3, 0.4) is 0 Å². The minimum Gasteiger partial charge on any atom is -0.305 e. The van der Waals surface area contributed by atoms with Crippen LogP contribution in [-0.4, -0.2) is 17.2 Å². The second-order valence-corrected chi connectivity index (χ2v) is 5.67. The molecule has 1 nitrogen and oxygen atoms in total. The van der Waals surface area contributed by atoms with Gasteiger partial charge in [0.25, 0.3) is 0 Å². The second-order valence-electron chi connectivity index (χ2n) is 4.03. The van der Waals surface area contributed by atoms with Crippen LogP contribution in [0.2, 0.25) is 0 Å². The zero-order valence-corrected chi connectivity index (χ0v) is 9.83. The molecule has 1 heterocycles. The van der Waals surface area contributed by atoms with Crippen LogP contribution in [0.1, 0.15) is 52.4 Å². The fraction of sp³-hybridized carbons (Fsp3) is 1.00. The molecule has 1 N–H and O–H groups in total. The van der Waals surface area contributed by atoms with Crippen molar-refractivity contribution in [3.8, 4) is 0 Å². The Bertz CT molecular complexity index is 127. The lowest BCUT2D eigenvalue weighted by Gasteiger charge is -2.27. The Hall–Kier alpha value is 0.310. The van der Waals surface area contributed by atoms with Gasteiger partial charge < -0.3 is 5.32 Å². The predicted molar refractivity (Wildman–Crippen MR) is 62.2 cm³/mol. The van der Waals surface area contributed by atoms with E-state index in [9.17, 15) is 0 Å². The topological polar surface area (TPSA) is 12.0 Å². The van der Waals surface area contributed by atoms with Crippen LogP contribution >= 0.6 is 11.8 Å². The largest absolute Gasteiger partial charge is 0.305 e. The summed E-state index contributed by atoms with van der Waals surface area (Å²) >= 11 is 2.13. The first kappa shape index (κ1) is 11.4. The molecule has 0 aliphatic carbocycles. The zero-order valence-electron chi connectivity index (χ0n) is 9.01. The molecule has 0 bridgehead atoms. The van der Waals surface area contributed by atoms with Gasteiger partial charge in [0, 0.05) is 5.25 Å². The van der Waals surface area contributed by atoms with E-state index in [1.807, 2.05) is 0 Å². The average Bonchev–Trinajstić information content (AvgIpc) is 2.13. The van der Waals surface area contributed by atoms with Crippen molar-refractivity contribution in [2.45, 2.75) is 63.0 Å². The van der Waals surface area contributed by atoms with Crippen molar-refractivity contribution in [1.29, 1.82) is 0 Å². The van der Waals surface area contributed by atoms with Gasteiger partial charge in [0.05, 0.1) is 5.37 Å². The number of nitrogens with one attached hydrogen (secondary N) is 1. The van der Waals surface area contributed by atoms with Crippen LogP contribution in [0.5, 0.6) is 0 Å². The van der Waals surface area contributed by atoms with Gasteiger partial charge in [0.2, 0.25) is 0 Å². The lowest BCUT2D eigenvalue weighted by atomic mass is 10.1. The highest BCUT2D eigenvalue weighted by Crippen LogP contribution is 2.26. The summed E-state index contributed by atoms with van der Waals surface area (Å²) in [6.07, 6.45) is 8.30. The lowest BCUT2D eigenvalue weighted by molar-refractivity contribution is 0.529. The molecule has 0 aromatic heterocycles. The third-order valence-corrected chi connectivity index (χ3v) is 4.07. The molecule has 0 aromatic rings. The summed E-state index contributed by atoms with van der Waals surface area (Å²) < 4.78 is 0. The third kappa shape index (κ3) is 4.92. The van der Waals surface area contributed by atoms with Crippen LogP contribution in [0.25, 0.3) is 0 Å². The van der Waals surface area contributed by atoms with Crippen LogP contribution < -0.4 is 5.32 Å². The van der Waals surface area contributed by atoms with Crippen LogP contribution in [0, 0.1) is 0 Å². The summed E-state index contributed by atoms with van der Waals surface area (Å²) in [7, 11) is 0. The first-order chi connectivity index (χ1) is 6.33. The first-order valence-corrected chi connectivity index (χ1v) is 6.66. The van der Waals surface area contributed by atoms with Crippen molar-refractivity contribution in [2.75, 3.05) is 6.54 Å². The Labute approximate surface area is 87.1 Å². The molecule has 0 saturated carbocycles. The number of rotatable bonds is 5. The highest BCUT2D eigenvalue weighted by Gasteiger charge is 2.17. The minimum atomic E-state index is 0.751. The second kappa shape index (κ2) is 6.72. The number of unbranched alkanes of at least 4 members (excludes halogenated alkanes) is 3. The minimum absolute atomic E-state index is 0.751. The first-order valence-electron chi connectivity index (χ1n) is 5.71. The molecule has 0 aromatic carbocycles. The molecule has 1 saturated heterocycles. The van der Waals surface area contributed by atoms with E-state index in [2.05, 4.69) is 30.9 Å². The summed E-state index contributed by atoms with van der Waals surface area (Å²) in [5, 5.41) is 5.21. The molecule has 2 heteroatoms. The summed E-state index contributed by atoms with van der Waals surface area (Å²) in [5.41, 5.74) is 0. The van der Waals surface area contributed by atoms with Gasteiger partial charge in [-0.25, -0.2) is 0 Å². The van der Waals surface area contributed by atoms with Gasteiger partial charge in [0.1, 0.15) is 0 Å². The van der Waals surface area contributed by atoms with Crippen molar-refractivity contribution in [3.63, 3.8) is 0 Å². The van der Waals surface area contributed by atoms with Gasteiger partial charge in [-0.05, 0) is 19.4 Å². The van der Waals surface area contributed by atoms with Gasteiger partial charge in [-0.3, -0.25) is 0 Å². The Balaban J connectivity index is 2.00. The van der Waals surface area contributed by atoms with Crippen molar-refractivity contribution >= 4 is 11.8 Å². The third-order valence-electron chi connectivity index (χ3n) is 2.64. The summed E-state index contributed by atoms with van der Waals surface area (Å²) in [5.74, 6) is 0. The fourth-order valence-electron chi connectivity index (χ4n) is 1.77. The molecule has 1 aliphatic heterocycles. The van der Waals surface area contributed by atoms with Gasteiger partial charge in [-0.1, -0.05) is 39.5 Å². The van der Waals surface area contributed by atoms with E-state index >= 15 is 0 Å². The lowest BCUT2D eigenvalue weighted by Crippen LogP contribution is -2.34. The SMILES string of the molecule is CCCCCCC1NCCC(C)S1. The van der Waals surface area contributed by atoms with E-state index in [1.54, 1.807) is 0 Å². The Kier molecular flexibility index (Phi) is 5.88. The Morgan fingerprint density at radius 3 is 2.85 bits per heavy atom. The fourth-order valence-corrected chi connectivity index (χ4v) is 3.10. The number of thioether (sulfide) groups is 1. The summed E-state index contributed by atoms with van der Waals surface area (Å²) in [4.78, 5) is 0. The summed E-state index contributed by atoms with van der Waals surface area (Å²) in [6.45, 7) is 5.85. The molecular formula is C11H23NS. The molecule has 78 valence electrons. The molecule has 0 radical (unpaired) electrons. The van der Waals surface area contributed by atoms with Gasteiger partial charge in [-0.2, -0.15) is 0 Å².